The first-order valence-electron chi connectivity index (χ1n) is 5.83. The van der Waals surface area contributed by atoms with Gasteiger partial charge in [0.15, 0.2) is 0 Å². The number of anilines is 1. The molecule has 1 amide bonds. The highest BCUT2D eigenvalue weighted by atomic mass is 79.9. The summed E-state index contributed by atoms with van der Waals surface area (Å²) in [5.74, 6) is 0.000602. The molecule has 0 atom stereocenters. The Morgan fingerprint density at radius 1 is 1.47 bits per heavy atom. The van der Waals surface area contributed by atoms with E-state index in [1.54, 1.807) is 12.1 Å². The lowest BCUT2D eigenvalue weighted by atomic mass is 10.1. The fourth-order valence-electron chi connectivity index (χ4n) is 1.70. The summed E-state index contributed by atoms with van der Waals surface area (Å²) in [5, 5.41) is 0. The number of carbonyl (C=O) groups is 1. The molecule has 0 saturated heterocycles. The van der Waals surface area contributed by atoms with E-state index in [1.807, 2.05) is 24.8 Å². The fraction of sp³-hybridized carbons (Fsp3) is 0.462. The quantitative estimate of drug-likeness (QED) is 0.867. The molecule has 0 radical (unpaired) electrons. The molecular formula is C13H19BrN2O. The van der Waals surface area contributed by atoms with Gasteiger partial charge in [-0.2, -0.15) is 0 Å². The second-order valence-electron chi connectivity index (χ2n) is 4.32. The molecular weight excluding hydrogens is 280 g/mol. The van der Waals surface area contributed by atoms with Gasteiger partial charge in [-0.3, -0.25) is 4.79 Å². The molecule has 1 rings (SSSR count). The van der Waals surface area contributed by atoms with Crippen LogP contribution >= 0.6 is 15.9 Å². The van der Waals surface area contributed by atoms with Gasteiger partial charge in [-0.05, 0) is 38.5 Å². The van der Waals surface area contributed by atoms with Gasteiger partial charge in [-0.25, -0.2) is 0 Å². The summed E-state index contributed by atoms with van der Waals surface area (Å²) >= 11 is 3.36. The van der Waals surface area contributed by atoms with E-state index in [4.69, 9.17) is 5.73 Å². The van der Waals surface area contributed by atoms with Crippen LogP contribution in [0, 0.1) is 0 Å². The number of halogens is 1. The molecule has 0 spiro atoms. The summed E-state index contributed by atoms with van der Waals surface area (Å²) in [7, 11) is 0. The molecule has 3 nitrogen and oxygen atoms in total. The molecule has 0 aromatic heterocycles. The Morgan fingerprint density at radius 2 is 2.12 bits per heavy atom. The smallest absolute Gasteiger partial charge is 0.256 e. The average molecular weight is 299 g/mol. The fourth-order valence-corrected chi connectivity index (χ4v) is 2.06. The monoisotopic (exact) mass is 298 g/mol. The maximum Gasteiger partial charge on any atom is 0.256 e. The first-order chi connectivity index (χ1) is 7.97. The predicted octanol–water partition coefficient (Wildman–Crippen LogP) is 3.29. The van der Waals surface area contributed by atoms with Crippen LogP contribution in [0.3, 0.4) is 0 Å². The molecule has 4 heteroatoms. The third-order valence-corrected chi connectivity index (χ3v) is 3.09. The zero-order valence-corrected chi connectivity index (χ0v) is 12.1. The topological polar surface area (TPSA) is 46.3 Å². The molecule has 94 valence electrons. The normalized spacial score (nSPS) is 10.6. The van der Waals surface area contributed by atoms with Crippen molar-refractivity contribution in [2.75, 3.05) is 12.3 Å². The number of hydrogen-bond acceptors (Lipinski definition) is 2. The first kappa shape index (κ1) is 14.0. The number of nitrogens with zero attached hydrogens (tertiary/aromatic N) is 1. The van der Waals surface area contributed by atoms with Crippen molar-refractivity contribution in [3.05, 3.63) is 28.2 Å². The van der Waals surface area contributed by atoms with Gasteiger partial charge in [0.1, 0.15) is 0 Å². The Balaban J connectivity index is 3.04. The van der Waals surface area contributed by atoms with E-state index in [2.05, 4.69) is 22.9 Å². The molecule has 0 aliphatic rings. The van der Waals surface area contributed by atoms with Crippen molar-refractivity contribution in [1.29, 1.82) is 0 Å². The van der Waals surface area contributed by atoms with Crippen LogP contribution in [-0.4, -0.2) is 23.4 Å². The minimum Gasteiger partial charge on any atom is -0.398 e. The molecule has 1 aromatic carbocycles. The molecule has 0 heterocycles. The van der Waals surface area contributed by atoms with Crippen molar-refractivity contribution in [1.82, 2.24) is 4.90 Å². The van der Waals surface area contributed by atoms with Crippen molar-refractivity contribution in [2.24, 2.45) is 0 Å². The molecule has 0 saturated carbocycles. The van der Waals surface area contributed by atoms with Crippen LogP contribution in [0.15, 0.2) is 22.7 Å². The number of benzene rings is 1. The highest BCUT2D eigenvalue weighted by molar-refractivity contribution is 9.10. The summed E-state index contributed by atoms with van der Waals surface area (Å²) < 4.78 is 0.871. The molecule has 0 fully saturated rings. The van der Waals surface area contributed by atoms with Gasteiger partial charge in [-0.15, -0.1) is 0 Å². The first-order valence-corrected chi connectivity index (χ1v) is 6.62. The molecule has 0 aliphatic heterocycles. The van der Waals surface area contributed by atoms with Crippen LogP contribution < -0.4 is 5.73 Å². The lowest BCUT2D eigenvalue weighted by Gasteiger charge is -2.27. The van der Waals surface area contributed by atoms with Gasteiger partial charge in [-0.1, -0.05) is 22.9 Å². The van der Waals surface area contributed by atoms with E-state index >= 15 is 0 Å². The largest absolute Gasteiger partial charge is 0.398 e. The van der Waals surface area contributed by atoms with Crippen LogP contribution in [0.4, 0.5) is 5.69 Å². The van der Waals surface area contributed by atoms with Crippen molar-refractivity contribution in [2.45, 2.75) is 33.2 Å². The van der Waals surface area contributed by atoms with Crippen LogP contribution in [0.25, 0.3) is 0 Å². The maximum absolute atomic E-state index is 12.4. The summed E-state index contributed by atoms with van der Waals surface area (Å²) in [5.41, 5.74) is 6.95. The van der Waals surface area contributed by atoms with Crippen LogP contribution in [0.2, 0.25) is 0 Å². The lowest BCUT2D eigenvalue weighted by molar-refractivity contribution is 0.0707. The Kier molecular flexibility index (Phi) is 5.00. The number of nitrogens with two attached hydrogens (primary N) is 1. The van der Waals surface area contributed by atoms with Crippen molar-refractivity contribution in [3.8, 4) is 0 Å². The van der Waals surface area contributed by atoms with Gasteiger partial charge < -0.3 is 10.6 Å². The number of amides is 1. The zero-order chi connectivity index (χ0) is 13.0. The van der Waals surface area contributed by atoms with E-state index in [9.17, 15) is 4.79 Å². The van der Waals surface area contributed by atoms with Crippen LogP contribution in [0.5, 0.6) is 0 Å². The number of carbonyl (C=O) groups excluding carboxylic acids is 1. The summed E-state index contributed by atoms with van der Waals surface area (Å²) in [6.45, 7) is 6.85. The van der Waals surface area contributed by atoms with Crippen molar-refractivity contribution < 1.29 is 4.79 Å². The van der Waals surface area contributed by atoms with Crippen LogP contribution in [-0.2, 0) is 0 Å². The van der Waals surface area contributed by atoms with Gasteiger partial charge in [0.05, 0.1) is 5.56 Å². The Hall–Kier alpha value is -1.03. The molecule has 0 aliphatic carbocycles. The lowest BCUT2D eigenvalue weighted by Crippen LogP contribution is -2.37. The second kappa shape index (κ2) is 6.05. The highest BCUT2D eigenvalue weighted by Gasteiger charge is 2.19. The zero-order valence-electron chi connectivity index (χ0n) is 10.5. The minimum atomic E-state index is 0.000602. The molecule has 0 bridgehead atoms. The molecule has 1 aromatic rings. The second-order valence-corrected chi connectivity index (χ2v) is 5.24. The average Bonchev–Trinajstić information content (AvgIpc) is 2.28. The summed E-state index contributed by atoms with van der Waals surface area (Å²) in [6, 6.07) is 5.55. The van der Waals surface area contributed by atoms with E-state index in [0.717, 1.165) is 17.4 Å². The molecule has 0 unspecified atom stereocenters. The number of hydrogen-bond donors (Lipinski definition) is 1. The third-order valence-electron chi connectivity index (χ3n) is 2.59. The van der Waals surface area contributed by atoms with E-state index in [0.29, 0.717) is 11.3 Å². The van der Waals surface area contributed by atoms with E-state index < -0.39 is 0 Å². The van der Waals surface area contributed by atoms with Gasteiger partial charge in [0.25, 0.3) is 5.91 Å². The van der Waals surface area contributed by atoms with Crippen molar-refractivity contribution in [3.63, 3.8) is 0 Å². The standard InChI is InChI=1S/C13H19BrN2O/c1-4-7-16(9(2)3)13(17)11-8-10(14)5-6-12(11)15/h5-6,8-9H,4,7,15H2,1-3H3. The number of nitrogen functional groups attached to an aromatic ring is 1. The maximum atomic E-state index is 12.4. The van der Waals surface area contributed by atoms with E-state index in [1.165, 1.54) is 0 Å². The Labute approximate surface area is 111 Å². The Morgan fingerprint density at radius 3 is 2.65 bits per heavy atom. The SMILES string of the molecule is CCCN(C(=O)c1cc(Br)ccc1N)C(C)C. The predicted molar refractivity (Wildman–Crippen MR) is 75.0 cm³/mol. The minimum absolute atomic E-state index is 0.000602. The molecule has 17 heavy (non-hydrogen) atoms. The molecule has 2 N–H and O–H groups in total. The van der Waals surface area contributed by atoms with Gasteiger partial charge in [0, 0.05) is 22.7 Å². The van der Waals surface area contributed by atoms with E-state index in [-0.39, 0.29) is 11.9 Å². The summed E-state index contributed by atoms with van der Waals surface area (Å²) in [6.07, 6.45) is 0.942. The summed E-state index contributed by atoms with van der Waals surface area (Å²) in [4.78, 5) is 14.2. The van der Waals surface area contributed by atoms with Crippen molar-refractivity contribution >= 4 is 27.5 Å². The van der Waals surface area contributed by atoms with Crippen LogP contribution in [0.1, 0.15) is 37.6 Å². The van der Waals surface area contributed by atoms with Gasteiger partial charge >= 0.3 is 0 Å². The third kappa shape index (κ3) is 3.46. The van der Waals surface area contributed by atoms with Gasteiger partial charge in [0.2, 0.25) is 0 Å². The Bertz CT molecular complexity index is 404. The number of rotatable bonds is 4. The highest BCUT2D eigenvalue weighted by Crippen LogP contribution is 2.21.